The number of carbonyl (C=O) groups is 3. The molecule has 0 spiro atoms. The summed E-state index contributed by atoms with van der Waals surface area (Å²) in [5.74, 6) is -1.96. The van der Waals surface area contributed by atoms with E-state index in [1.54, 1.807) is 0 Å². The van der Waals surface area contributed by atoms with Gasteiger partial charge >= 0.3 is 0 Å². The van der Waals surface area contributed by atoms with Crippen LogP contribution in [0.1, 0.15) is 13.3 Å². The highest BCUT2D eigenvalue weighted by Gasteiger charge is 2.43. The van der Waals surface area contributed by atoms with Crippen molar-refractivity contribution < 1.29 is 14.4 Å². The van der Waals surface area contributed by atoms with E-state index in [0.29, 0.717) is 0 Å². The summed E-state index contributed by atoms with van der Waals surface area (Å²) in [6.45, 7) is 1.38. The lowest BCUT2D eigenvalue weighted by Crippen LogP contribution is -2.50. The van der Waals surface area contributed by atoms with Crippen molar-refractivity contribution >= 4 is 17.7 Å². The van der Waals surface area contributed by atoms with Gasteiger partial charge in [0.15, 0.2) is 0 Å². The summed E-state index contributed by atoms with van der Waals surface area (Å²) >= 11 is 0. The molecule has 0 radical (unpaired) electrons. The molecule has 6 heteroatoms. The Hall–Kier alpha value is -1.85. The molecule has 1 heterocycles. The van der Waals surface area contributed by atoms with Gasteiger partial charge in [-0.2, -0.15) is 0 Å². The lowest BCUT2D eigenvalue weighted by Gasteiger charge is -2.28. The predicted octanol–water partition coefficient (Wildman–Crippen LogP) is -1.63. The molecular weight excluding hydrogens is 186 g/mol. The minimum atomic E-state index is -1.39. The molecule has 1 aliphatic rings. The van der Waals surface area contributed by atoms with Gasteiger partial charge in [0.1, 0.15) is 5.41 Å². The van der Waals surface area contributed by atoms with Gasteiger partial charge in [-0.15, -0.1) is 0 Å². The van der Waals surface area contributed by atoms with Crippen LogP contribution in [0.2, 0.25) is 0 Å². The molecule has 14 heavy (non-hydrogen) atoms. The Bertz CT molecular complexity index is 348. The average molecular weight is 197 g/mol. The zero-order valence-corrected chi connectivity index (χ0v) is 7.66. The normalized spacial score (nSPS) is 26.4. The number of carbonyl (C=O) groups excluding carboxylic acids is 3. The molecule has 1 atom stereocenters. The summed E-state index contributed by atoms with van der Waals surface area (Å²) in [4.78, 5) is 33.2. The first-order chi connectivity index (χ1) is 6.38. The Labute approximate surface area is 80.3 Å². The van der Waals surface area contributed by atoms with Gasteiger partial charge in [-0.25, -0.2) is 0 Å². The number of rotatable bonds is 2. The van der Waals surface area contributed by atoms with Crippen molar-refractivity contribution in [2.24, 2.45) is 16.9 Å². The van der Waals surface area contributed by atoms with E-state index in [0.717, 1.165) is 0 Å². The van der Waals surface area contributed by atoms with Crippen molar-refractivity contribution in [3.8, 4) is 0 Å². The maximum Gasteiger partial charge on any atom is 0.246 e. The van der Waals surface area contributed by atoms with Crippen LogP contribution in [0.5, 0.6) is 0 Å². The van der Waals surface area contributed by atoms with Crippen LogP contribution >= 0.6 is 0 Å². The lowest BCUT2D eigenvalue weighted by atomic mass is 9.80. The van der Waals surface area contributed by atoms with Gasteiger partial charge in [0.25, 0.3) is 0 Å². The van der Waals surface area contributed by atoms with E-state index in [4.69, 9.17) is 11.5 Å². The molecule has 76 valence electrons. The van der Waals surface area contributed by atoms with Crippen LogP contribution in [-0.4, -0.2) is 17.7 Å². The first-order valence-electron chi connectivity index (χ1n) is 3.97. The Morgan fingerprint density at radius 3 is 2.50 bits per heavy atom. The van der Waals surface area contributed by atoms with Gasteiger partial charge in [-0.1, -0.05) is 0 Å². The van der Waals surface area contributed by atoms with E-state index in [1.807, 2.05) is 0 Å². The molecule has 1 rings (SSSR count). The zero-order chi connectivity index (χ0) is 10.9. The highest BCUT2D eigenvalue weighted by atomic mass is 16.2. The second-order valence-electron chi connectivity index (χ2n) is 3.38. The molecule has 1 unspecified atom stereocenters. The molecule has 0 fully saturated rings. The topological polar surface area (TPSA) is 115 Å². The Balaban J connectivity index is 3.03. The molecule has 0 aromatic carbocycles. The maximum absolute atomic E-state index is 11.3. The van der Waals surface area contributed by atoms with Crippen molar-refractivity contribution in [3.05, 3.63) is 11.8 Å². The molecule has 5 N–H and O–H groups in total. The molecule has 6 nitrogen and oxygen atoms in total. The summed E-state index contributed by atoms with van der Waals surface area (Å²) in [5.41, 5.74) is 8.89. The predicted molar refractivity (Wildman–Crippen MR) is 47.3 cm³/mol. The van der Waals surface area contributed by atoms with Crippen LogP contribution in [0.15, 0.2) is 11.8 Å². The van der Waals surface area contributed by atoms with Crippen LogP contribution in [-0.2, 0) is 14.4 Å². The number of nitrogens with two attached hydrogens (primary N) is 2. The van der Waals surface area contributed by atoms with E-state index >= 15 is 0 Å². The second kappa shape index (κ2) is 3.13. The molecule has 0 aromatic rings. The standard InChI is InChI=1S/C8H11N3O3/c1-8(6(10)13)2-4(5(9)12)3-11-7(8)14/h3H,2H2,1H3,(H2,9,12)(H2,10,13)(H,11,14). The fourth-order valence-corrected chi connectivity index (χ4v) is 1.18. The molecule has 3 amide bonds. The fourth-order valence-electron chi connectivity index (χ4n) is 1.18. The summed E-state index contributed by atoms with van der Waals surface area (Å²) in [6, 6.07) is 0. The van der Waals surface area contributed by atoms with Crippen molar-refractivity contribution in [1.82, 2.24) is 5.32 Å². The minimum absolute atomic E-state index is 0.0521. The van der Waals surface area contributed by atoms with Gasteiger partial charge in [-0.3, -0.25) is 14.4 Å². The largest absolute Gasteiger partial charge is 0.369 e. The summed E-state index contributed by atoms with van der Waals surface area (Å²) < 4.78 is 0. The number of hydrogen-bond donors (Lipinski definition) is 3. The van der Waals surface area contributed by atoms with Crippen molar-refractivity contribution in [2.75, 3.05) is 0 Å². The summed E-state index contributed by atoms with van der Waals surface area (Å²) in [7, 11) is 0. The van der Waals surface area contributed by atoms with Crippen LogP contribution in [0.25, 0.3) is 0 Å². The van der Waals surface area contributed by atoms with Crippen molar-refractivity contribution in [1.29, 1.82) is 0 Å². The Morgan fingerprint density at radius 1 is 1.50 bits per heavy atom. The SMILES string of the molecule is CC1(C(N)=O)CC(C(N)=O)=CNC1=O. The third-order valence-corrected chi connectivity index (χ3v) is 2.28. The molecule has 0 saturated heterocycles. The molecule has 0 bridgehead atoms. The summed E-state index contributed by atoms with van der Waals surface area (Å²) in [5, 5.41) is 2.28. The van der Waals surface area contributed by atoms with E-state index in [9.17, 15) is 14.4 Å². The van der Waals surface area contributed by atoms with Gasteiger partial charge in [-0.05, 0) is 6.92 Å². The first-order valence-corrected chi connectivity index (χ1v) is 3.97. The van der Waals surface area contributed by atoms with Gasteiger partial charge in [0, 0.05) is 18.2 Å². The van der Waals surface area contributed by atoms with E-state index in [-0.39, 0.29) is 12.0 Å². The third-order valence-electron chi connectivity index (χ3n) is 2.28. The Kier molecular flexibility index (Phi) is 2.29. The highest BCUT2D eigenvalue weighted by Crippen LogP contribution is 2.28. The minimum Gasteiger partial charge on any atom is -0.369 e. The first kappa shape index (κ1) is 10.2. The average Bonchev–Trinajstić information content (AvgIpc) is 2.09. The number of primary amides is 2. The zero-order valence-electron chi connectivity index (χ0n) is 7.66. The van der Waals surface area contributed by atoms with Gasteiger partial charge in [0.2, 0.25) is 17.7 Å². The lowest BCUT2D eigenvalue weighted by molar-refractivity contribution is -0.140. The van der Waals surface area contributed by atoms with E-state index in [1.165, 1.54) is 13.1 Å². The molecule has 1 aliphatic heterocycles. The van der Waals surface area contributed by atoms with Crippen LogP contribution < -0.4 is 16.8 Å². The molecule has 0 saturated carbocycles. The second-order valence-corrected chi connectivity index (χ2v) is 3.38. The van der Waals surface area contributed by atoms with E-state index < -0.39 is 23.1 Å². The molecular formula is C8H11N3O3. The molecule has 0 aliphatic carbocycles. The quantitative estimate of drug-likeness (QED) is 0.461. The van der Waals surface area contributed by atoms with Gasteiger partial charge < -0.3 is 16.8 Å². The number of hydrogen-bond acceptors (Lipinski definition) is 3. The number of amides is 3. The van der Waals surface area contributed by atoms with Crippen LogP contribution in [0.3, 0.4) is 0 Å². The van der Waals surface area contributed by atoms with Crippen LogP contribution in [0, 0.1) is 5.41 Å². The smallest absolute Gasteiger partial charge is 0.246 e. The van der Waals surface area contributed by atoms with Crippen molar-refractivity contribution in [3.63, 3.8) is 0 Å². The Morgan fingerprint density at radius 2 is 2.07 bits per heavy atom. The molecule has 0 aromatic heterocycles. The van der Waals surface area contributed by atoms with Gasteiger partial charge in [0.05, 0.1) is 0 Å². The highest BCUT2D eigenvalue weighted by molar-refractivity contribution is 6.07. The number of nitrogens with one attached hydrogen (secondary N) is 1. The monoisotopic (exact) mass is 197 g/mol. The van der Waals surface area contributed by atoms with E-state index in [2.05, 4.69) is 5.32 Å². The maximum atomic E-state index is 11.3. The third kappa shape index (κ3) is 1.46. The summed E-state index contributed by atoms with van der Waals surface area (Å²) in [6.07, 6.45) is 1.15. The van der Waals surface area contributed by atoms with Crippen molar-refractivity contribution in [2.45, 2.75) is 13.3 Å². The fraction of sp³-hybridized carbons (Fsp3) is 0.375. The van der Waals surface area contributed by atoms with Crippen LogP contribution in [0.4, 0.5) is 0 Å².